The van der Waals surface area contributed by atoms with E-state index in [1.165, 1.54) is 6.08 Å². The lowest BCUT2D eigenvalue weighted by Gasteiger charge is -2.13. The summed E-state index contributed by atoms with van der Waals surface area (Å²) in [6.07, 6.45) is 1.46. The van der Waals surface area contributed by atoms with Crippen LogP contribution >= 0.6 is 39.1 Å². The molecule has 2 aromatic carbocycles. The number of carbonyl (C=O) groups is 1. The molecule has 0 aliphatic heterocycles. The van der Waals surface area contributed by atoms with Gasteiger partial charge in [-0.05, 0) is 65.7 Å². The summed E-state index contributed by atoms with van der Waals surface area (Å²) in [6.45, 7) is 4.64. The molecule has 1 amide bonds. The van der Waals surface area contributed by atoms with Gasteiger partial charge in [0.1, 0.15) is 11.6 Å². The molecule has 1 N–H and O–H groups in total. The van der Waals surface area contributed by atoms with Crippen molar-refractivity contribution >= 4 is 56.8 Å². The van der Waals surface area contributed by atoms with E-state index in [4.69, 9.17) is 32.7 Å². The Balaban J connectivity index is 2.36. The van der Waals surface area contributed by atoms with Crippen molar-refractivity contribution in [3.8, 4) is 17.6 Å². The summed E-state index contributed by atoms with van der Waals surface area (Å²) in [5, 5.41) is 12.5. The molecule has 0 atom stereocenters. The second-order valence-electron chi connectivity index (χ2n) is 5.42. The van der Waals surface area contributed by atoms with Gasteiger partial charge in [-0.3, -0.25) is 4.79 Å². The lowest BCUT2D eigenvalue weighted by molar-refractivity contribution is -0.112. The molecule has 0 aliphatic carbocycles. The summed E-state index contributed by atoms with van der Waals surface area (Å²) >= 11 is 15.5. The molecule has 0 aromatic heterocycles. The lowest BCUT2D eigenvalue weighted by atomic mass is 10.1. The molecule has 0 spiro atoms. The van der Waals surface area contributed by atoms with Crippen molar-refractivity contribution in [2.75, 3.05) is 18.5 Å². The number of nitrogens with one attached hydrogen (secondary N) is 1. The minimum absolute atomic E-state index is 0.102. The Morgan fingerprint density at radius 1 is 1.25 bits per heavy atom. The van der Waals surface area contributed by atoms with Crippen LogP contribution in [0.4, 0.5) is 5.69 Å². The maximum atomic E-state index is 12.5. The normalized spacial score (nSPS) is 10.9. The SMILES string of the molecule is CCOc1cc(/C=C(\C#N)C(=O)Nc2cccc(Cl)c2Cl)cc(Br)c1OCC. The predicted octanol–water partition coefficient (Wildman–Crippen LogP) is 6.10. The number of hydrogen-bond donors (Lipinski definition) is 1. The van der Waals surface area contributed by atoms with Crippen molar-refractivity contribution in [1.82, 2.24) is 0 Å². The van der Waals surface area contributed by atoms with E-state index < -0.39 is 5.91 Å². The zero-order valence-electron chi connectivity index (χ0n) is 15.2. The van der Waals surface area contributed by atoms with Gasteiger partial charge in [0.2, 0.25) is 0 Å². The van der Waals surface area contributed by atoms with Crippen LogP contribution in [0.25, 0.3) is 6.08 Å². The van der Waals surface area contributed by atoms with Gasteiger partial charge in [0.05, 0.1) is 33.4 Å². The third-order valence-corrected chi connectivity index (χ3v) is 4.90. The van der Waals surface area contributed by atoms with Gasteiger partial charge in [-0.1, -0.05) is 29.3 Å². The lowest BCUT2D eigenvalue weighted by Crippen LogP contribution is -2.13. The van der Waals surface area contributed by atoms with Crippen LogP contribution in [0.3, 0.4) is 0 Å². The summed E-state index contributed by atoms with van der Waals surface area (Å²) in [5.74, 6) is 0.477. The second kappa shape index (κ2) is 10.4. The van der Waals surface area contributed by atoms with Gasteiger partial charge >= 0.3 is 0 Å². The smallest absolute Gasteiger partial charge is 0.266 e. The summed E-state index contributed by atoms with van der Waals surface area (Å²) < 4.78 is 11.9. The monoisotopic (exact) mass is 482 g/mol. The number of nitriles is 1. The molecule has 0 unspecified atom stereocenters. The van der Waals surface area contributed by atoms with Crippen LogP contribution in [-0.4, -0.2) is 19.1 Å². The molecular formula is C20H17BrCl2N2O3. The van der Waals surface area contributed by atoms with E-state index in [-0.39, 0.29) is 10.6 Å². The van der Waals surface area contributed by atoms with Gasteiger partial charge in [-0.25, -0.2) is 0 Å². The molecule has 2 rings (SSSR count). The van der Waals surface area contributed by atoms with Crippen LogP contribution < -0.4 is 14.8 Å². The third-order valence-electron chi connectivity index (χ3n) is 3.50. The molecule has 5 nitrogen and oxygen atoms in total. The summed E-state index contributed by atoms with van der Waals surface area (Å²) in [6, 6.07) is 10.2. The van der Waals surface area contributed by atoms with E-state index in [9.17, 15) is 10.1 Å². The van der Waals surface area contributed by atoms with Crippen LogP contribution in [0.2, 0.25) is 10.0 Å². The first-order chi connectivity index (χ1) is 13.4. The van der Waals surface area contributed by atoms with E-state index in [0.29, 0.717) is 45.5 Å². The molecular weight excluding hydrogens is 467 g/mol. The highest BCUT2D eigenvalue weighted by Gasteiger charge is 2.15. The molecule has 0 saturated heterocycles. The van der Waals surface area contributed by atoms with Gasteiger partial charge in [0.25, 0.3) is 5.91 Å². The number of rotatable bonds is 7. The van der Waals surface area contributed by atoms with Gasteiger partial charge in [0, 0.05) is 0 Å². The number of halogens is 3. The maximum absolute atomic E-state index is 12.5. The Kier molecular flexibility index (Phi) is 8.18. The predicted molar refractivity (Wildman–Crippen MR) is 115 cm³/mol. The number of benzene rings is 2. The largest absolute Gasteiger partial charge is 0.490 e. The number of anilines is 1. The maximum Gasteiger partial charge on any atom is 0.266 e. The van der Waals surface area contributed by atoms with Gasteiger partial charge in [-0.2, -0.15) is 5.26 Å². The van der Waals surface area contributed by atoms with Crippen LogP contribution in [0, 0.1) is 11.3 Å². The standard InChI is InChI=1S/C20H17BrCl2N2O3/c1-3-27-17-10-12(9-14(21)19(17)28-4-2)8-13(11-24)20(26)25-16-7-5-6-15(22)18(16)23/h5-10H,3-4H2,1-2H3,(H,25,26)/b13-8+. The van der Waals surface area contributed by atoms with E-state index in [1.54, 1.807) is 30.3 Å². The molecule has 146 valence electrons. The molecule has 0 bridgehead atoms. The minimum Gasteiger partial charge on any atom is -0.490 e. The summed E-state index contributed by atoms with van der Waals surface area (Å²) in [5.41, 5.74) is 0.820. The fourth-order valence-electron chi connectivity index (χ4n) is 2.32. The van der Waals surface area contributed by atoms with Gasteiger partial charge < -0.3 is 14.8 Å². The number of ether oxygens (including phenoxy) is 2. The van der Waals surface area contributed by atoms with Gasteiger partial charge in [0.15, 0.2) is 11.5 Å². The Hall–Kier alpha value is -2.20. The van der Waals surface area contributed by atoms with Crippen molar-refractivity contribution < 1.29 is 14.3 Å². The average Bonchev–Trinajstić information content (AvgIpc) is 2.66. The van der Waals surface area contributed by atoms with Crippen molar-refractivity contribution in [2.45, 2.75) is 13.8 Å². The van der Waals surface area contributed by atoms with Crippen LogP contribution in [0.5, 0.6) is 11.5 Å². The molecule has 0 radical (unpaired) electrons. The Labute approximate surface area is 182 Å². The van der Waals surface area contributed by atoms with Crippen molar-refractivity contribution in [3.63, 3.8) is 0 Å². The van der Waals surface area contributed by atoms with E-state index in [1.807, 2.05) is 19.9 Å². The Morgan fingerprint density at radius 2 is 1.96 bits per heavy atom. The highest BCUT2D eigenvalue weighted by Crippen LogP contribution is 2.37. The topological polar surface area (TPSA) is 71.3 Å². The molecule has 0 heterocycles. The molecule has 0 saturated carbocycles. The third kappa shape index (κ3) is 5.41. The van der Waals surface area contributed by atoms with E-state index >= 15 is 0 Å². The average molecular weight is 484 g/mol. The van der Waals surface area contributed by atoms with Crippen LogP contribution in [-0.2, 0) is 4.79 Å². The molecule has 8 heteroatoms. The van der Waals surface area contributed by atoms with Crippen LogP contribution in [0.15, 0.2) is 40.4 Å². The fraction of sp³-hybridized carbons (Fsp3) is 0.200. The highest BCUT2D eigenvalue weighted by atomic mass is 79.9. The number of carbonyl (C=O) groups excluding carboxylic acids is 1. The Morgan fingerprint density at radius 3 is 2.61 bits per heavy atom. The minimum atomic E-state index is -0.602. The highest BCUT2D eigenvalue weighted by molar-refractivity contribution is 9.10. The van der Waals surface area contributed by atoms with Crippen LogP contribution in [0.1, 0.15) is 19.4 Å². The second-order valence-corrected chi connectivity index (χ2v) is 7.06. The number of hydrogen-bond acceptors (Lipinski definition) is 4. The Bertz CT molecular complexity index is 955. The van der Waals surface area contributed by atoms with E-state index in [2.05, 4.69) is 21.2 Å². The van der Waals surface area contributed by atoms with Gasteiger partial charge in [-0.15, -0.1) is 0 Å². The zero-order chi connectivity index (χ0) is 20.7. The first kappa shape index (κ1) is 22.1. The fourth-order valence-corrected chi connectivity index (χ4v) is 3.25. The van der Waals surface area contributed by atoms with Crippen molar-refractivity contribution in [1.29, 1.82) is 5.26 Å². The number of nitrogens with zero attached hydrogens (tertiary/aromatic N) is 1. The zero-order valence-corrected chi connectivity index (χ0v) is 18.3. The molecule has 0 fully saturated rings. The molecule has 2 aromatic rings. The first-order valence-electron chi connectivity index (χ1n) is 8.37. The molecule has 0 aliphatic rings. The summed E-state index contributed by atoms with van der Waals surface area (Å²) in [7, 11) is 0. The van der Waals surface area contributed by atoms with Crippen molar-refractivity contribution in [2.24, 2.45) is 0 Å². The molecule has 28 heavy (non-hydrogen) atoms. The van der Waals surface area contributed by atoms with E-state index in [0.717, 1.165) is 0 Å². The number of amides is 1. The van der Waals surface area contributed by atoms with Crippen molar-refractivity contribution in [3.05, 3.63) is 56.0 Å². The first-order valence-corrected chi connectivity index (χ1v) is 9.92. The quantitative estimate of drug-likeness (QED) is 0.381. The summed E-state index contributed by atoms with van der Waals surface area (Å²) in [4.78, 5) is 12.5.